The Labute approximate surface area is 150 Å². The maximum Gasteiger partial charge on any atom is 0.309 e. The summed E-state index contributed by atoms with van der Waals surface area (Å²) >= 11 is 0. The van der Waals surface area contributed by atoms with Crippen LogP contribution in [0.4, 0.5) is 13.2 Å². The lowest BCUT2D eigenvalue weighted by Crippen LogP contribution is -2.49. The molecule has 2 aromatic rings. The smallest absolute Gasteiger partial charge is 0.309 e. The molecule has 1 saturated heterocycles. The zero-order valence-electron chi connectivity index (χ0n) is 14.7. The largest absolute Gasteiger partial charge is 0.339 e. The van der Waals surface area contributed by atoms with Crippen molar-refractivity contribution in [3.05, 3.63) is 70.5 Å². The van der Waals surface area contributed by atoms with Crippen LogP contribution in [0.15, 0.2) is 36.4 Å². The van der Waals surface area contributed by atoms with Crippen molar-refractivity contribution in [2.75, 3.05) is 13.2 Å². The predicted molar refractivity (Wildman–Crippen MR) is 89.9 cm³/mol. The van der Waals surface area contributed by atoms with Crippen LogP contribution in [0.3, 0.4) is 0 Å². The van der Waals surface area contributed by atoms with Crippen LogP contribution in [-0.4, -0.2) is 18.3 Å². The molecular formula is C20H21F3O3. The summed E-state index contributed by atoms with van der Waals surface area (Å²) in [6.45, 7) is 4.15. The molecule has 0 unspecified atom stereocenters. The van der Waals surface area contributed by atoms with E-state index in [9.17, 15) is 18.3 Å². The SMILES string of the molecule is CCCc1ccc(C2(C)COC(O)(c3cc(F)c(F)c(F)c3)OC2)cc1. The Hall–Kier alpha value is -1.89. The third-order valence-electron chi connectivity index (χ3n) is 4.71. The van der Waals surface area contributed by atoms with Gasteiger partial charge in [0, 0.05) is 11.0 Å². The standard InChI is InChI=1S/C20H21F3O3/c1-3-4-13-5-7-14(8-6-13)19(2)11-25-20(24,26-12-19)15-9-16(21)18(23)17(22)10-15/h5-10,24H,3-4,11-12H2,1-2H3. The second-order valence-corrected chi connectivity index (χ2v) is 6.92. The van der Waals surface area contributed by atoms with Crippen molar-refractivity contribution in [3.63, 3.8) is 0 Å². The molecule has 140 valence electrons. The van der Waals surface area contributed by atoms with Gasteiger partial charge in [0.05, 0.1) is 13.2 Å². The summed E-state index contributed by atoms with van der Waals surface area (Å²) in [5, 5.41) is 10.5. The highest BCUT2D eigenvalue weighted by atomic mass is 19.2. The van der Waals surface area contributed by atoms with Crippen molar-refractivity contribution in [2.45, 2.75) is 38.1 Å². The molecule has 26 heavy (non-hydrogen) atoms. The van der Waals surface area contributed by atoms with E-state index in [2.05, 4.69) is 6.92 Å². The monoisotopic (exact) mass is 366 g/mol. The molecule has 1 N–H and O–H groups in total. The molecule has 0 radical (unpaired) electrons. The van der Waals surface area contributed by atoms with Crippen LogP contribution in [0.5, 0.6) is 0 Å². The van der Waals surface area contributed by atoms with E-state index in [-0.39, 0.29) is 18.8 Å². The van der Waals surface area contributed by atoms with E-state index >= 15 is 0 Å². The lowest BCUT2D eigenvalue weighted by atomic mass is 9.83. The normalized spacial score (nSPS) is 26.1. The molecular weight excluding hydrogens is 345 g/mol. The number of ether oxygens (including phenoxy) is 2. The first-order chi connectivity index (χ1) is 12.3. The zero-order valence-corrected chi connectivity index (χ0v) is 14.7. The second kappa shape index (κ2) is 7.02. The van der Waals surface area contributed by atoms with Gasteiger partial charge in [-0.05, 0) is 29.7 Å². The fourth-order valence-corrected chi connectivity index (χ4v) is 3.03. The first-order valence-corrected chi connectivity index (χ1v) is 8.52. The number of hydrogen-bond acceptors (Lipinski definition) is 3. The molecule has 0 atom stereocenters. The van der Waals surface area contributed by atoms with Gasteiger partial charge in [0.1, 0.15) is 0 Å². The van der Waals surface area contributed by atoms with Gasteiger partial charge >= 0.3 is 5.97 Å². The first-order valence-electron chi connectivity index (χ1n) is 8.52. The van der Waals surface area contributed by atoms with E-state index < -0.39 is 28.8 Å². The fraction of sp³-hybridized carbons (Fsp3) is 0.400. The van der Waals surface area contributed by atoms with Crippen LogP contribution in [-0.2, 0) is 27.3 Å². The van der Waals surface area contributed by atoms with Crippen LogP contribution in [0.1, 0.15) is 37.0 Å². The van der Waals surface area contributed by atoms with Crippen LogP contribution in [0.2, 0.25) is 0 Å². The minimum atomic E-state index is -2.32. The fourth-order valence-electron chi connectivity index (χ4n) is 3.03. The molecule has 0 amide bonds. The Balaban J connectivity index is 1.79. The third kappa shape index (κ3) is 3.49. The van der Waals surface area contributed by atoms with Crippen LogP contribution < -0.4 is 0 Å². The Morgan fingerprint density at radius 2 is 1.50 bits per heavy atom. The summed E-state index contributed by atoms with van der Waals surface area (Å²) in [5.41, 5.74) is 1.34. The second-order valence-electron chi connectivity index (χ2n) is 6.92. The van der Waals surface area contributed by atoms with Gasteiger partial charge in [0.15, 0.2) is 17.5 Å². The highest BCUT2D eigenvalue weighted by Crippen LogP contribution is 2.37. The number of hydrogen-bond donors (Lipinski definition) is 1. The molecule has 1 fully saturated rings. The quantitative estimate of drug-likeness (QED) is 0.826. The Kier molecular flexibility index (Phi) is 5.10. The molecule has 0 spiro atoms. The minimum absolute atomic E-state index is 0.0667. The maximum atomic E-state index is 13.4. The highest BCUT2D eigenvalue weighted by molar-refractivity contribution is 5.30. The molecule has 1 aliphatic rings. The van der Waals surface area contributed by atoms with Gasteiger partial charge in [-0.25, -0.2) is 13.2 Å². The summed E-state index contributed by atoms with van der Waals surface area (Å²) in [4.78, 5) is 0. The molecule has 6 heteroatoms. The number of aryl methyl sites for hydroxylation is 1. The van der Waals surface area contributed by atoms with Crippen LogP contribution >= 0.6 is 0 Å². The maximum absolute atomic E-state index is 13.4. The minimum Gasteiger partial charge on any atom is -0.339 e. The summed E-state index contributed by atoms with van der Waals surface area (Å²) < 4.78 is 50.9. The van der Waals surface area contributed by atoms with E-state index in [0.717, 1.165) is 18.4 Å². The molecule has 0 saturated carbocycles. The number of aliphatic hydroxyl groups is 1. The van der Waals surface area contributed by atoms with Crippen molar-refractivity contribution >= 4 is 0 Å². The van der Waals surface area contributed by atoms with Gasteiger partial charge in [-0.15, -0.1) is 0 Å². The van der Waals surface area contributed by atoms with E-state index in [1.54, 1.807) is 0 Å². The van der Waals surface area contributed by atoms with Gasteiger partial charge in [0.2, 0.25) is 0 Å². The van der Waals surface area contributed by atoms with E-state index in [1.165, 1.54) is 5.56 Å². The third-order valence-corrected chi connectivity index (χ3v) is 4.71. The summed E-state index contributed by atoms with van der Waals surface area (Å²) in [6.07, 6.45) is 2.05. The summed E-state index contributed by atoms with van der Waals surface area (Å²) in [5.74, 6) is -6.76. The molecule has 0 aliphatic carbocycles. The van der Waals surface area contributed by atoms with Gasteiger partial charge < -0.3 is 14.6 Å². The van der Waals surface area contributed by atoms with Gasteiger partial charge in [-0.1, -0.05) is 44.5 Å². The van der Waals surface area contributed by atoms with Crippen molar-refractivity contribution < 1.29 is 27.8 Å². The Morgan fingerprint density at radius 3 is 2.00 bits per heavy atom. The van der Waals surface area contributed by atoms with Crippen LogP contribution in [0, 0.1) is 17.5 Å². The van der Waals surface area contributed by atoms with Crippen molar-refractivity contribution in [3.8, 4) is 0 Å². The average Bonchev–Trinajstić information content (AvgIpc) is 2.63. The van der Waals surface area contributed by atoms with Crippen molar-refractivity contribution in [1.29, 1.82) is 0 Å². The summed E-state index contributed by atoms with van der Waals surface area (Å²) in [6, 6.07) is 9.38. The Morgan fingerprint density at radius 1 is 0.962 bits per heavy atom. The zero-order chi connectivity index (χ0) is 18.9. The molecule has 0 aromatic heterocycles. The molecule has 1 heterocycles. The number of halogens is 3. The van der Waals surface area contributed by atoms with Crippen molar-refractivity contribution in [1.82, 2.24) is 0 Å². The van der Waals surface area contributed by atoms with Crippen molar-refractivity contribution in [2.24, 2.45) is 0 Å². The highest BCUT2D eigenvalue weighted by Gasteiger charge is 2.44. The molecule has 0 bridgehead atoms. The lowest BCUT2D eigenvalue weighted by Gasteiger charge is -2.42. The van der Waals surface area contributed by atoms with Gasteiger partial charge in [-0.2, -0.15) is 0 Å². The topological polar surface area (TPSA) is 38.7 Å². The van der Waals surface area contributed by atoms with E-state index in [1.807, 2.05) is 31.2 Å². The van der Waals surface area contributed by atoms with E-state index in [4.69, 9.17) is 9.47 Å². The molecule has 2 aromatic carbocycles. The summed E-state index contributed by atoms with van der Waals surface area (Å²) in [7, 11) is 0. The molecule has 1 aliphatic heterocycles. The van der Waals surface area contributed by atoms with Gasteiger partial charge in [-0.3, -0.25) is 0 Å². The average molecular weight is 366 g/mol. The lowest BCUT2D eigenvalue weighted by molar-refractivity contribution is -0.406. The van der Waals surface area contributed by atoms with Crippen LogP contribution in [0.25, 0.3) is 0 Å². The van der Waals surface area contributed by atoms with Gasteiger partial charge in [0.25, 0.3) is 0 Å². The number of benzene rings is 2. The molecule has 3 rings (SSSR count). The first kappa shape index (κ1) is 18.9. The molecule has 3 nitrogen and oxygen atoms in total. The number of rotatable bonds is 4. The predicted octanol–water partition coefficient (Wildman–Crippen LogP) is 4.16. The Bertz CT molecular complexity index is 758. The van der Waals surface area contributed by atoms with E-state index in [0.29, 0.717) is 12.1 Å².